The molecule has 0 radical (unpaired) electrons. The number of hydrogen-bond acceptors (Lipinski definition) is 3. The van der Waals surface area contributed by atoms with Crippen LogP contribution in [0.2, 0.25) is 0 Å². The minimum absolute atomic E-state index is 0.113. The van der Waals surface area contributed by atoms with Gasteiger partial charge in [-0.2, -0.15) is 0 Å². The van der Waals surface area contributed by atoms with E-state index in [1.807, 2.05) is 35.2 Å². The Labute approximate surface area is 180 Å². The van der Waals surface area contributed by atoms with Gasteiger partial charge in [0, 0.05) is 17.6 Å². The maximum absolute atomic E-state index is 13.6. The van der Waals surface area contributed by atoms with Crippen molar-refractivity contribution in [1.82, 2.24) is 9.47 Å². The molecule has 4 aromatic rings. The largest absolute Gasteiger partial charge is 0.497 e. The van der Waals surface area contributed by atoms with E-state index in [2.05, 4.69) is 58.6 Å². The summed E-state index contributed by atoms with van der Waals surface area (Å²) in [6, 6.07) is 24.3. The van der Waals surface area contributed by atoms with Crippen LogP contribution in [0.25, 0.3) is 5.69 Å². The zero-order chi connectivity index (χ0) is 20.5. The van der Waals surface area contributed by atoms with E-state index in [4.69, 9.17) is 4.74 Å². The highest BCUT2D eigenvalue weighted by Gasteiger charge is 2.33. The first-order valence-corrected chi connectivity index (χ1v) is 10.8. The molecule has 0 aliphatic carbocycles. The molecule has 1 unspecified atom stereocenters. The van der Waals surface area contributed by atoms with E-state index in [0.29, 0.717) is 13.0 Å². The number of ether oxygens (including phenoxy) is 1. The summed E-state index contributed by atoms with van der Waals surface area (Å²) in [5, 5.41) is 2.08. The van der Waals surface area contributed by atoms with E-state index < -0.39 is 0 Å². The molecular formula is C25H22N2O2S. The van der Waals surface area contributed by atoms with Gasteiger partial charge in [0.1, 0.15) is 11.8 Å². The average Bonchev–Trinajstić information content (AvgIpc) is 3.45. The zero-order valence-corrected chi connectivity index (χ0v) is 17.5. The summed E-state index contributed by atoms with van der Waals surface area (Å²) in [5.41, 5.74) is 4.39. The third-order valence-electron chi connectivity index (χ3n) is 5.61. The number of amides is 1. The van der Waals surface area contributed by atoms with Crippen molar-refractivity contribution in [3.63, 3.8) is 0 Å². The fraction of sp³-hybridized carbons (Fsp3) is 0.160. The van der Waals surface area contributed by atoms with Gasteiger partial charge in [-0.1, -0.05) is 36.4 Å². The number of methoxy groups -OCH3 is 1. The molecule has 0 bridgehead atoms. The Morgan fingerprint density at radius 3 is 2.63 bits per heavy atom. The van der Waals surface area contributed by atoms with Gasteiger partial charge in [-0.05, 0) is 52.9 Å². The molecule has 4 nitrogen and oxygen atoms in total. The summed E-state index contributed by atoms with van der Waals surface area (Å²) >= 11 is 1.69. The van der Waals surface area contributed by atoms with Crippen LogP contribution in [0.5, 0.6) is 5.75 Å². The summed E-state index contributed by atoms with van der Waals surface area (Å²) in [5.74, 6) is 0.909. The smallest absolute Gasteiger partial charge is 0.228 e. The first kappa shape index (κ1) is 18.7. The van der Waals surface area contributed by atoms with Crippen molar-refractivity contribution in [3.05, 3.63) is 106 Å². The number of fused-ring (bicyclic) bond motifs is 3. The minimum atomic E-state index is -0.113. The molecule has 0 saturated heterocycles. The van der Waals surface area contributed by atoms with Gasteiger partial charge in [0.05, 0.1) is 24.9 Å². The van der Waals surface area contributed by atoms with E-state index in [9.17, 15) is 4.79 Å². The number of para-hydroxylation sites is 1. The number of carbonyl (C=O) groups is 1. The number of thiophene rings is 1. The summed E-state index contributed by atoms with van der Waals surface area (Å²) < 4.78 is 7.47. The lowest BCUT2D eigenvalue weighted by Crippen LogP contribution is -2.35. The Hall–Kier alpha value is -3.31. The second-order valence-corrected chi connectivity index (χ2v) is 8.38. The molecular weight excluding hydrogens is 392 g/mol. The summed E-state index contributed by atoms with van der Waals surface area (Å²) in [7, 11) is 1.65. The van der Waals surface area contributed by atoms with Crippen LogP contribution in [0.1, 0.15) is 27.7 Å². The first-order valence-electron chi connectivity index (χ1n) is 9.96. The normalized spacial score (nSPS) is 15.2. The predicted octanol–water partition coefficient (Wildman–Crippen LogP) is 5.22. The Morgan fingerprint density at radius 1 is 1.03 bits per heavy atom. The molecule has 30 heavy (non-hydrogen) atoms. The SMILES string of the molecule is COc1ccc(CC(=O)N2Cc3ccccc3-n3cccc3C2c2cccs2)cc1. The van der Waals surface area contributed by atoms with E-state index in [0.717, 1.165) is 28.3 Å². The molecule has 1 aliphatic rings. The number of hydrogen-bond donors (Lipinski definition) is 0. The average molecular weight is 415 g/mol. The van der Waals surface area contributed by atoms with Crippen molar-refractivity contribution in [2.24, 2.45) is 0 Å². The van der Waals surface area contributed by atoms with Crippen LogP contribution >= 0.6 is 11.3 Å². The van der Waals surface area contributed by atoms with Gasteiger partial charge >= 0.3 is 0 Å². The molecule has 2 aromatic heterocycles. The molecule has 2 aromatic carbocycles. The molecule has 150 valence electrons. The second kappa shape index (κ2) is 7.84. The van der Waals surface area contributed by atoms with Crippen LogP contribution in [-0.4, -0.2) is 22.5 Å². The van der Waals surface area contributed by atoms with E-state index >= 15 is 0 Å². The quantitative estimate of drug-likeness (QED) is 0.459. The van der Waals surface area contributed by atoms with Crippen molar-refractivity contribution in [2.45, 2.75) is 19.0 Å². The lowest BCUT2D eigenvalue weighted by atomic mass is 10.1. The Balaban J connectivity index is 1.57. The van der Waals surface area contributed by atoms with Crippen LogP contribution in [-0.2, 0) is 17.8 Å². The van der Waals surface area contributed by atoms with E-state index in [-0.39, 0.29) is 11.9 Å². The molecule has 5 rings (SSSR count). The number of benzene rings is 2. The molecule has 3 heterocycles. The van der Waals surface area contributed by atoms with E-state index in [1.54, 1.807) is 18.4 Å². The summed E-state index contributed by atoms with van der Waals surface area (Å²) in [6.45, 7) is 0.579. The van der Waals surface area contributed by atoms with Gasteiger partial charge < -0.3 is 14.2 Å². The Bertz CT molecular complexity index is 1160. The Morgan fingerprint density at radius 2 is 1.87 bits per heavy atom. The van der Waals surface area contributed by atoms with Gasteiger partial charge in [-0.25, -0.2) is 0 Å². The fourth-order valence-corrected chi connectivity index (χ4v) is 5.00. The van der Waals surface area contributed by atoms with Gasteiger partial charge in [0.15, 0.2) is 0 Å². The van der Waals surface area contributed by atoms with Gasteiger partial charge in [0.25, 0.3) is 0 Å². The molecule has 0 N–H and O–H groups in total. The lowest BCUT2D eigenvalue weighted by Gasteiger charge is -2.30. The lowest BCUT2D eigenvalue weighted by molar-refractivity contribution is -0.132. The number of aromatic nitrogens is 1. The molecule has 0 spiro atoms. The van der Waals surface area contributed by atoms with Crippen molar-refractivity contribution in [3.8, 4) is 11.4 Å². The van der Waals surface area contributed by atoms with Crippen molar-refractivity contribution in [1.29, 1.82) is 0 Å². The minimum Gasteiger partial charge on any atom is -0.497 e. The maximum atomic E-state index is 13.6. The summed E-state index contributed by atoms with van der Waals surface area (Å²) in [4.78, 5) is 16.8. The second-order valence-electron chi connectivity index (χ2n) is 7.40. The molecule has 1 atom stereocenters. The van der Waals surface area contributed by atoms with Gasteiger partial charge in [-0.3, -0.25) is 4.79 Å². The molecule has 1 aliphatic heterocycles. The maximum Gasteiger partial charge on any atom is 0.228 e. The highest BCUT2D eigenvalue weighted by atomic mass is 32.1. The third-order valence-corrected chi connectivity index (χ3v) is 6.54. The number of nitrogens with zero attached hydrogens (tertiary/aromatic N) is 2. The summed E-state index contributed by atoms with van der Waals surface area (Å²) in [6.07, 6.45) is 2.45. The first-order chi connectivity index (χ1) is 14.7. The third kappa shape index (κ3) is 3.31. The van der Waals surface area contributed by atoms with Crippen molar-refractivity contribution >= 4 is 17.2 Å². The van der Waals surface area contributed by atoms with Gasteiger partial charge in [-0.15, -0.1) is 11.3 Å². The Kier molecular flexibility index (Phi) is 4.89. The fourth-order valence-electron chi connectivity index (χ4n) is 4.15. The van der Waals surface area contributed by atoms with Crippen LogP contribution in [0.15, 0.2) is 84.4 Å². The van der Waals surface area contributed by atoms with Crippen LogP contribution in [0, 0.1) is 0 Å². The molecule has 1 amide bonds. The highest BCUT2D eigenvalue weighted by molar-refractivity contribution is 7.10. The number of carbonyl (C=O) groups excluding carboxylic acids is 1. The van der Waals surface area contributed by atoms with E-state index in [1.165, 1.54) is 4.88 Å². The predicted molar refractivity (Wildman–Crippen MR) is 119 cm³/mol. The van der Waals surface area contributed by atoms with Crippen molar-refractivity contribution < 1.29 is 9.53 Å². The highest BCUT2D eigenvalue weighted by Crippen LogP contribution is 2.38. The monoisotopic (exact) mass is 414 g/mol. The topological polar surface area (TPSA) is 34.5 Å². The molecule has 0 fully saturated rings. The van der Waals surface area contributed by atoms with Crippen LogP contribution < -0.4 is 4.74 Å². The molecule has 0 saturated carbocycles. The standard InChI is InChI=1S/C25H22N2O2S/c1-29-20-12-10-18(11-13-20)16-24(28)27-17-19-6-2-3-7-21(19)26-14-4-8-22(26)25(27)23-9-5-15-30-23/h2-15,25H,16-17H2,1H3. The van der Waals surface area contributed by atoms with Crippen molar-refractivity contribution in [2.75, 3.05) is 7.11 Å². The number of rotatable bonds is 4. The zero-order valence-electron chi connectivity index (χ0n) is 16.7. The van der Waals surface area contributed by atoms with Gasteiger partial charge in [0.2, 0.25) is 5.91 Å². The van der Waals surface area contributed by atoms with Crippen LogP contribution in [0.3, 0.4) is 0 Å². The molecule has 5 heteroatoms. The van der Waals surface area contributed by atoms with Crippen LogP contribution in [0.4, 0.5) is 0 Å².